The first-order valence-corrected chi connectivity index (χ1v) is 13.6. The molecule has 0 spiro atoms. The molecule has 36 heavy (non-hydrogen) atoms. The van der Waals surface area contributed by atoms with Gasteiger partial charge < -0.3 is 10.1 Å². The minimum atomic E-state index is -3.49. The van der Waals surface area contributed by atoms with Gasteiger partial charge in [0.2, 0.25) is 10.0 Å². The van der Waals surface area contributed by atoms with Crippen LogP contribution in [0.25, 0.3) is 10.8 Å². The van der Waals surface area contributed by atoms with Gasteiger partial charge >= 0.3 is 0 Å². The van der Waals surface area contributed by atoms with Crippen LogP contribution in [0.4, 0.5) is 5.69 Å². The number of aryl methyl sites for hydroxylation is 2. The second kappa shape index (κ2) is 10.8. The van der Waals surface area contributed by atoms with Crippen molar-refractivity contribution in [1.82, 2.24) is 5.32 Å². The van der Waals surface area contributed by atoms with Gasteiger partial charge in [-0.3, -0.25) is 9.10 Å². The lowest BCUT2D eigenvalue weighted by atomic mass is 10.1. The zero-order valence-electron chi connectivity index (χ0n) is 20.7. The lowest BCUT2D eigenvalue weighted by molar-refractivity contribution is 0.0947. The molecule has 4 rings (SSSR count). The van der Waals surface area contributed by atoms with Crippen LogP contribution in [-0.2, 0) is 16.6 Å². The molecule has 0 aromatic heterocycles. The van der Waals surface area contributed by atoms with Gasteiger partial charge in [0, 0.05) is 10.9 Å². The minimum Gasteiger partial charge on any atom is -0.491 e. The van der Waals surface area contributed by atoms with E-state index in [4.69, 9.17) is 4.74 Å². The molecule has 0 saturated heterocycles. The second-order valence-corrected chi connectivity index (χ2v) is 10.7. The molecule has 4 aromatic rings. The van der Waals surface area contributed by atoms with Gasteiger partial charge in [-0.05, 0) is 60.2 Å². The van der Waals surface area contributed by atoms with Crippen molar-refractivity contribution in [3.05, 3.63) is 107 Å². The van der Waals surface area contributed by atoms with Crippen molar-refractivity contribution in [2.24, 2.45) is 0 Å². The predicted octanol–water partition coefficient (Wildman–Crippen LogP) is 5.23. The summed E-state index contributed by atoms with van der Waals surface area (Å²) in [6.45, 7) is 4.72. The van der Waals surface area contributed by atoms with Crippen molar-refractivity contribution in [3.8, 4) is 5.75 Å². The van der Waals surface area contributed by atoms with Gasteiger partial charge in [0.1, 0.15) is 12.4 Å². The Kier molecular flexibility index (Phi) is 7.60. The number of benzene rings is 4. The van der Waals surface area contributed by atoms with Gasteiger partial charge in [-0.1, -0.05) is 60.7 Å². The van der Waals surface area contributed by atoms with E-state index in [1.807, 2.05) is 74.5 Å². The molecule has 4 aromatic carbocycles. The number of sulfonamides is 1. The zero-order valence-corrected chi connectivity index (χ0v) is 21.5. The Morgan fingerprint density at radius 2 is 1.64 bits per heavy atom. The third kappa shape index (κ3) is 6.04. The number of anilines is 1. The van der Waals surface area contributed by atoms with Gasteiger partial charge in [-0.25, -0.2) is 8.42 Å². The van der Waals surface area contributed by atoms with Crippen LogP contribution < -0.4 is 14.4 Å². The molecule has 6 nitrogen and oxygen atoms in total. The first-order valence-electron chi connectivity index (χ1n) is 11.7. The Morgan fingerprint density at radius 3 is 2.39 bits per heavy atom. The normalized spacial score (nSPS) is 11.3. The van der Waals surface area contributed by atoms with E-state index in [9.17, 15) is 13.2 Å². The maximum absolute atomic E-state index is 12.6. The molecule has 0 radical (unpaired) electrons. The molecule has 186 valence electrons. The summed E-state index contributed by atoms with van der Waals surface area (Å²) in [5.74, 6) is 0.573. The molecule has 1 N–H and O–H groups in total. The van der Waals surface area contributed by atoms with E-state index in [-0.39, 0.29) is 12.5 Å². The molecule has 0 aliphatic heterocycles. The van der Waals surface area contributed by atoms with E-state index in [1.165, 1.54) is 10.6 Å². The molecule has 0 saturated carbocycles. The fourth-order valence-electron chi connectivity index (χ4n) is 4.05. The molecular formula is C29H30N2O4S. The second-order valence-electron chi connectivity index (χ2n) is 8.84. The highest BCUT2D eigenvalue weighted by Gasteiger charge is 2.20. The van der Waals surface area contributed by atoms with Crippen LogP contribution in [0.15, 0.2) is 84.9 Å². The van der Waals surface area contributed by atoms with Gasteiger partial charge in [0.25, 0.3) is 5.91 Å². The average Bonchev–Trinajstić information content (AvgIpc) is 2.86. The highest BCUT2D eigenvalue weighted by molar-refractivity contribution is 7.92. The summed E-state index contributed by atoms with van der Waals surface area (Å²) in [6, 6.07) is 26.6. The van der Waals surface area contributed by atoms with Gasteiger partial charge in [-0.2, -0.15) is 0 Å². The quantitative estimate of drug-likeness (QED) is 0.318. The van der Waals surface area contributed by atoms with Crippen LogP contribution >= 0.6 is 0 Å². The number of amides is 1. The molecule has 0 atom stereocenters. The first-order chi connectivity index (χ1) is 17.2. The SMILES string of the molecule is Cc1ccc(C)c(N(Cc2ccc(C(=O)NCCOc3cccc4ccccc34)cc2)S(C)(=O)=O)c1. The Balaban J connectivity index is 1.36. The lowest BCUT2D eigenvalue weighted by Crippen LogP contribution is -2.30. The van der Waals surface area contributed by atoms with Crippen molar-refractivity contribution in [2.75, 3.05) is 23.7 Å². The number of carbonyl (C=O) groups is 1. The average molecular weight is 503 g/mol. The summed E-state index contributed by atoms with van der Waals surface area (Å²) in [4.78, 5) is 12.6. The Morgan fingerprint density at radius 1 is 0.917 bits per heavy atom. The smallest absolute Gasteiger partial charge is 0.251 e. The van der Waals surface area contributed by atoms with Crippen LogP contribution in [0, 0.1) is 13.8 Å². The van der Waals surface area contributed by atoms with Crippen molar-refractivity contribution in [3.63, 3.8) is 0 Å². The van der Waals surface area contributed by atoms with E-state index >= 15 is 0 Å². The number of hydrogen-bond acceptors (Lipinski definition) is 4. The molecule has 1 amide bonds. The molecule has 0 fully saturated rings. The molecule has 0 aliphatic rings. The van der Waals surface area contributed by atoms with E-state index in [0.29, 0.717) is 24.4 Å². The number of nitrogens with one attached hydrogen (secondary N) is 1. The van der Waals surface area contributed by atoms with Crippen LogP contribution in [0.1, 0.15) is 27.0 Å². The summed E-state index contributed by atoms with van der Waals surface area (Å²) < 4.78 is 32.4. The highest BCUT2D eigenvalue weighted by atomic mass is 32.2. The van der Waals surface area contributed by atoms with Crippen molar-refractivity contribution >= 4 is 32.4 Å². The van der Waals surface area contributed by atoms with Crippen LogP contribution in [-0.4, -0.2) is 33.7 Å². The summed E-state index contributed by atoms with van der Waals surface area (Å²) in [6.07, 6.45) is 1.21. The van der Waals surface area contributed by atoms with E-state index in [0.717, 1.165) is 33.2 Å². The fraction of sp³-hybridized carbons (Fsp3) is 0.207. The maximum Gasteiger partial charge on any atom is 0.251 e. The van der Waals surface area contributed by atoms with Crippen LogP contribution in [0.3, 0.4) is 0 Å². The standard InChI is InChI=1S/C29H30N2O4S/c1-21-11-12-22(2)27(19-21)31(36(3,33)34)20-23-13-15-25(16-14-23)29(32)30-17-18-35-28-10-6-8-24-7-4-5-9-26(24)28/h4-16,19H,17-18,20H2,1-3H3,(H,30,32). The van der Waals surface area contributed by atoms with Crippen molar-refractivity contribution in [2.45, 2.75) is 20.4 Å². The number of nitrogens with zero attached hydrogens (tertiary/aromatic N) is 1. The number of fused-ring (bicyclic) bond motifs is 1. The highest BCUT2D eigenvalue weighted by Crippen LogP contribution is 2.26. The van der Waals surface area contributed by atoms with Crippen molar-refractivity contribution < 1.29 is 17.9 Å². The number of ether oxygens (including phenoxy) is 1. The summed E-state index contributed by atoms with van der Waals surface area (Å²) in [5.41, 5.74) is 3.82. The van der Waals surface area contributed by atoms with E-state index < -0.39 is 10.0 Å². The van der Waals surface area contributed by atoms with Crippen LogP contribution in [0.5, 0.6) is 5.75 Å². The van der Waals surface area contributed by atoms with E-state index in [2.05, 4.69) is 5.32 Å². The molecule has 7 heteroatoms. The Bertz CT molecular complexity index is 1480. The number of hydrogen-bond donors (Lipinski definition) is 1. The molecular weight excluding hydrogens is 472 g/mol. The molecule has 0 bridgehead atoms. The van der Waals surface area contributed by atoms with Gasteiger partial charge in [0.15, 0.2) is 0 Å². The Hall–Kier alpha value is -3.84. The van der Waals surface area contributed by atoms with E-state index in [1.54, 1.807) is 24.3 Å². The summed E-state index contributed by atoms with van der Waals surface area (Å²) in [7, 11) is -3.49. The van der Waals surface area contributed by atoms with Crippen molar-refractivity contribution in [1.29, 1.82) is 0 Å². The summed E-state index contributed by atoms with van der Waals surface area (Å²) in [5, 5.41) is 5.01. The maximum atomic E-state index is 12.6. The summed E-state index contributed by atoms with van der Waals surface area (Å²) >= 11 is 0. The largest absolute Gasteiger partial charge is 0.491 e. The fourth-order valence-corrected chi connectivity index (χ4v) is 4.98. The Labute approximate surface area is 212 Å². The van der Waals surface area contributed by atoms with Gasteiger partial charge in [-0.15, -0.1) is 0 Å². The zero-order chi connectivity index (χ0) is 25.7. The molecule has 0 heterocycles. The number of carbonyl (C=O) groups excluding carboxylic acids is 1. The topological polar surface area (TPSA) is 75.7 Å². The predicted molar refractivity (Wildman–Crippen MR) is 145 cm³/mol. The molecule has 0 aliphatic carbocycles. The van der Waals surface area contributed by atoms with Gasteiger partial charge in [0.05, 0.1) is 25.0 Å². The third-order valence-electron chi connectivity index (χ3n) is 5.97. The minimum absolute atomic E-state index is 0.184. The first kappa shape index (κ1) is 25.3. The lowest BCUT2D eigenvalue weighted by Gasteiger charge is -2.25. The molecule has 0 unspecified atom stereocenters. The number of rotatable bonds is 9. The monoisotopic (exact) mass is 502 g/mol. The third-order valence-corrected chi connectivity index (χ3v) is 7.10. The van der Waals surface area contributed by atoms with Crippen LogP contribution in [0.2, 0.25) is 0 Å².